The third kappa shape index (κ3) is 5.45. The SMILES string of the molecule is CCCc1nnc(SCC(=O)N2CCN(S(=O)(=O)c3ccccc3F)CC2)n1CC(=O)O. The molecule has 0 spiro atoms. The quantitative estimate of drug-likeness (QED) is 0.523. The number of nitrogens with zero attached hydrogens (tertiary/aromatic N) is 5. The number of carbonyl (C=O) groups excluding carboxylic acids is 1. The van der Waals surface area contributed by atoms with Crippen molar-refractivity contribution in [3.05, 3.63) is 35.9 Å². The maximum Gasteiger partial charge on any atom is 0.323 e. The Bertz CT molecular complexity index is 1080. The van der Waals surface area contributed by atoms with E-state index < -0.39 is 21.8 Å². The third-order valence-corrected chi connectivity index (χ3v) is 7.81. The first-order valence-electron chi connectivity index (χ1n) is 10.0. The van der Waals surface area contributed by atoms with Crippen molar-refractivity contribution in [1.82, 2.24) is 24.0 Å². The van der Waals surface area contributed by atoms with Gasteiger partial charge in [-0.25, -0.2) is 12.8 Å². The molecule has 2 heterocycles. The van der Waals surface area contributed by atoms with Crippen molar-refractivity contribution < 1.29 is 27.5 Å². The maximum absolute atomic E-state index is 13.9. The number of aliphatic carboxylic acids is 1. The molecule has 1 aromatic heterocycles. The number of benzene rings is 1. The highest BCUT2D eigenvalue weighted by molar-refractivity contribution is 7.99. The summed E-state index contributed by atoms with van der Waals surface area (Å²) < 4.78 is 42.0. The van der Waals surface area contributed by atoms with Gasteiger partial charge >= 0.3 is 5.97 Å². The summed E-state index contributed by atoms with van der Waals surface area (Å²) in [4.78, 5) is 24.9. The second-order valence-electron chi connectivity index (χ2n) is 7.13. The maximum atomic E-state index is 13.9. The number of halogens is 1. The number of aromatic nitrogens is 3. The normalized spacial score (nSPS) is 15.1. The fraction of sp³-hybridized carbons (Fsp3) is 0.474. The molecule has 2 aromatic rings. The van der Waals surface area contributed by atoms with Gasteiger partial charge in [-0.15, -0.1) is 10.2 Å². The van der Waals surface area contributed by atoms with Crippen LogP contribution in [-0.2, 0) is 32.6 Å². The summed E-state index contributed by atoms with van der Waals surface area (Å²) in [5, 5.41) is 17.5. The smallest absolute Gasteiger partial charge is 0.323 e. The second-order valence-corrected chi connectivity index (χ2v) is 9.98. The van der Waals surface area contributed by atoms with Crippen molar-refractivity contribution in [3.63, 3.8) is 0 Å². The summed E-state index contributed by atoms with van der Waals surface area (Å²) in [7, 11) is -3.98. The number of hydrogen-bond donors (Lipinski definition) is 1. The lowest BCUT2D eigenvalue weighted by molar-refractivity contribution is -0.137. The molecule has 0 bridgehead atoms. The zero-order valence-corrected chi connectivity index (χ0v) is 19.1. The summed E-state index contributed by atoms with van der Waals surface area (Å²) in [5.74, 6) is -1.49. The molecular weight excluding hydrogens is 461 g/mol. The van der Waals surface area contributed by atoms with E-state index in [2.05, 4.69) is 10.2 Å². The number of thioether (sulfide) groups is 1. The second kappa shape index (κ2) is 10.4. The molecule has 10 nitrogen and oxygen atoms in total. The molecule has 0 aliphatic carbocycles. The molecule has 13 heteroatoms. The van der Waals surface area contributed by atoms with Crippen LogP contribution in [0.2, 0.25) is 0 Å². The molecule has 0 radical (unpaired) electrons. The highest BCUT2D eigenvalue weighted by atomic mass is 32.2. The Hall–Kier alpha value is -2.51. The Morgan fingerprint density at radius 1 is 1.16 bits per heavy atom. The van der Waals surface area contributed by atoms with Crippen LogP contribution in [0.15, 0.2) is 34.3 Å². The largest absolute Gasteiger partial charge is 0.480 e. The molecule has 0 atom stereocenters. The summed E-state index contributed by atoms with van der Waals surface area (Å²) in [5.41, 5.74) is 0. The predicted molar refractivity (Wildman–Crippen MR) is 114 cm³/mol. The lowest BCUT2D eigenvalue weighted by atomic mass is 10.3. The van der Waals surface area contributed by atoms with Gasteiger partial charge in [-0.2, -0.15) is 4.31 Å². The molecule has 1 aliphatic heterocycles. The highest BCUT2D eigenvalue weighted by Crippen LogP contribution is 2.22. The Labute approximate surface area is 189 Å². The lowest BCUT2D eigenvalue weighted by Gasteiger charge is -2.34. The Morgan fingerprint density at radius 3 is 2.47 bits per heavy atom. The minimum absolute atomic E-state index is 0.0178. The zero-order chi connectivity index (χ0) is 23.3. The first kappa shape index (κ1) is 24.1. The minimum atomic E-state index is -3.98. The monoisotopic (exact) mass is 485 g/mol. The first-order valence-corrected chi connectivity index (χ1v) is 12.5. The van der Waals surface area contributed by atoms with Gasteiger partial charge < -0.3 is 10.0 Å². The van der Waals surface area contributed by atoms with Crippen LogP contribution in [0.3, 0.4) is 0 Å². The zero-order valence-electron chi connectivity index (χ0n) is 17.5. The molecule has 0 unspecified atom stereocenters. The fourth-order valence-electron chi connectivity index (χ4n) is 3.32. The van der Waals surface area contributed by atoms with E-state index in [0.717, 1.165) is 24.2 Å². The van der Waals surface area contributed by atoms with Crippen molar-refractivity contribution in [2.45, 2.75) is 36.4 Å². The molecule has 174 valence electrons. The summed E-state index contributed by atoms with van der Waals surface area (Å²) in [6, 6.07) is 5.20. The van der Waals surface area contributed by atoms with E-state index in [1.54, 1.807) is 0 Å². The van der Waals surface area contributed by atoms with Crippen LogP contribution in [0.5, 0.6) is 0 Å². The molecule has 0 saturated carbocycles. The van der Waals surface area contributed by atoms with Gasteiger partial charge in [-0.05, 0) is 18.6 Å². The number of carbonyl (C=O) groups is 2. The predicted octanol–water partition coefficient (Wildman–Crippen LogP) is 1.08. The molecule has 1 amide bonds. The van der Waals surface area contributed by atoms with Gasteiger partial charge in [0.05, 0.1) is 5.75 Å². The summed E-state index contributed by atoms with van der Waals surface area (Å²) >= 11 is 1.10. The molecule has 1 aromatic carbocycles. The topological polar surface area (TPSA) is 126 Å². The van der Waals surface area contributed by atoms with Crippen LogP contribution in [0.1, 0.15) is 19.2 Å². The standard InChI is InChI=1S/C19H24FN5O5S2/c1-2-5-16-21-22-19(25(16)12-18(27)28)31-13-17(26)23-8-10-24(11-9-23)32(29,30)15-7-4-3-6-14(15)20/h3-4,6-7H,2,5,8-13H2,1H3,(H,27,28). The van der Waals surface area contributed by atoms with E-state index in [0.29, 0.717) is 17.4 Å². The number of rotatable bonds is 9. The van der Waals surface area contributed by atoms with Gasteiger partial charge in [0, 0.05) is 32.6 Å². The van der Waals surface area contributed by atoms with Crippen molar-refractivity contribution in [3.8, 4) is 0 Å². The van der Waals surface area contributed by atoms with Crippen LogP contribution in [-0.4, -0.2) is 81.3 Å². The van der Waals surface area contributed by atoms with E-state index in [4.69, 9.17) is 5.11 Å². The summed E-state index contributed by atoms with van der Waals surface area (Å²) in [6.45, 7) is 2.13. The van der Waals surface area contributed by atoms with Crippen LogP contribution >= 0.6 is 11.8 Å². The molecule has 1 saturated heterocycles. The molecule has 32 heavy (non-hydrogen) atoms. The minimum Gasteiger partial charge on any atom is -0.480 e. The van der Waals surface area contributed by atoms with Crippen LogP contribution in [0.25, 0.3) is 0 Å². The molecule has 1 N–H and O–H groups in total. The van der Waals surface area contributed by atoms with E-state index >= 15 is 0 Å². The molecule has 3 rings (SSSR count). The number of aryl methyl sites for hydroxylation is 1. The fourth-order valence-corrected chi connectivity index (χ4v) is 5.66. The molecule has 1 aliphatic rings. The van der Waals surface area contributed by atoms with Gasteiger partial charge in [0.25, 0.3) is 0 Å². The first-order chi connectivity index (χ1) is 15.2. The number of hydrogen-bond acceptors (Lipinski definition) is 7. The number of piperazine rings is 1. The van der Waals surface area contributed by atoms with Crippen molar-refractivity contribution in [1.29, 1.82) is 0 Å². The highest BCUT2D eigenvalue weighted by Gasteiger charge is 2.31. The third-order valence-electron chi connectivity index (χ3n) is 4.93. The number of carboxylic acids is 1. The van der Waals surface area contributed by atoms with Crippen molar-refractivity contribution in [2.24, 2.45) is 0 Å². The lowest BCUT2D eigenvalue weighted by Crippen LogP contribution is -2.51. The average molecular weight is 486 g/mol. The van der Waals surface area contributed by atoms with Crippen molar-refractivity contribution >= 4 is 33.7 Å². The number of carboxylic acid groups (broad SMARTS) is 1. The van der Waals surface area contributed by atoms with Crippen LogP contribution in [0, 0.1) is 5.82 Å². The Kier molecular flexibility index (Phi) is 7.85. The van der Waals surface area contributed by atoms with E-state index in [1.807, 2.05) is 6.92 Å². The molecule has 1 fully saturated rings. The number of sulfonamides is 1. The van der Waals surface area contributed by atoms with Gasteiger partial charge in [0.15, 0.2) is 5.16 Å². The van der Waals surface area contributed by atoms with Crippen molar-refractivity contribution in [2.75, 3.05) is 31.9 Å². The van der Waals surface area contributed by atoms with Crippen LogP contribution < -0.4 is 0 Å². The Morgan fingerprint density at radius 2 is 1.84 bits per heavy atom. The molecular formula is C19H24FN5O5S2. The van der Waals surface area contributed by atoms with Gasteiger partial charge in [-0.3, -0.25) is 14.2 Å². The summed E-state index contributed by atoms with van der Waals surface area (Å²) in [6.07, 6.45) is 1.36. The number of amides is 1. The van der Waals surface area contributed by atoms with Gasteiger partial charge in [0.2, 0.25) is 15.9 Å². The van der Waals surface area contributed by atoms with Gasteiger partial charge in [0.1, 0.15) is 23.1 Å². The van der Waals surface area contributed by atoms with E-state index in [1.165, 1.54) is 32.0 Å². The van der Waals surface area contributed by atoms with E-state index in [9.17, 15) is 22.4 Å². The van der Waals surface area contributed by atoms with Gasteiger partial charge in [-0.1, -0.05) is 30.8 Å². The Balaban J connectivity index is 1.59. The van der Waals surface area contributed by atoms with Crippen LogP contribution in [0.4, 0.5) is 4.39 Å². The van der Waals surface area contributed by atoms with E-state index in [-0.39, 0.29) is 49.3 Å². The average Bonchev–Trinajstić information content (AvgIpc) is 3.13.